The maximum Gasteiger partial charge on any atom is 0.290 e. The number of H-pyrrole nitrogens is 1. The van der Waals surface area contributed by atoms with Crippen molar-refractivity contribution in [2.75, 3.05) is 26.2 Å². The maximum absolute atomic E-state index is 13.0. The molecule has 0 radical (unpaired) electrons. The fourth-order valence-corrected chi connectivity index (χ4v) is 4.24. The summed E-state index contributed by atoms with van der Waals surface area (Å²) in [5, 5.41) is 5.76. The summed E-state index contributed by atoms with van der Waals surface area (Å²) in [7, 11) is 0. The predicted octanol–water partition coefficient (Wildman–Crippen LogP) is 1.85. The predicted molar refractivity (Wildman–Crippen MR) is 137 cm³/mol. The van der Waals surface area contributed by atoms with E-state index in [9.17, 15) is 14.4 Å². The number of hydrogen-bond acceptors (Lipinski definition) is 6. The van der Waals surface area contributed by atoms with Gasteiger partial charge in [0, 0.05) is 50.0 Å². The van der Waals surface area contributed by atoms with Gasteiger partial charge in [0.25, 0.3) is 5.91 Å². The summed E-state index contributed by atoms with van der Waals surface area (Å²) in [5.74, 6) is 0.711. The van der Waals surface area contributed by atoms with Crippen molar-refractivity contribution in [3.05, 3.63) is 54.9 Å². The minimum atomic E-state index is -0.714. The molecule has 0 spiro atoms. The molecule has 0 saturated carbocycles. The van der Waals surface area contributed by atoms with Crippen LogP contribution in [0.25, 0.3) is 11.4 Å². The van der Waals surface area contributed by atoms with Crippen molar-refractivity contribution in [1.82, 2.24) is 35.1 Å². The van der Waals surface area contributed by atoms with Crippen molar-refractivity contribution in [3.8, 4) is 17.1 Å². The first kappa shape index (κ1) is 25.9. The quantitative estimate of drug-likeness (QED) is 0.495. The van der Waals surface area contributed by atoms with Crippen LogP contribution in [0.2, 0.25) is 0 Å². The van der Waals surface area contributed by atoms with Crippen molar-refractivity contribution < 1.29 is 19.1 Å². The molecule has 0 saturated heterocycles. The number of benzene rings is 1. The fourth-order valence-electron chi connectivity index (χ4n) is 4.24. The molecule has 1 aliphatic heterocycles. The van der Waals surface area contributed by atoms with E-state index in [1.165, 1.54) is 11.1 Å². The third-order valence-corrected chi connectivity index (χ3v) is 5.98. The number of ether oxygens (including phenoxy) is 1. The van der Waals surface area contributed by atoms with Gasteiger partial charge in [-0.25, -0.2) is 9.97 Å². The second kappa shape index (κ2) is 12.2. The highest BCUT2D eigenvalue weighted by Gasteiger charge is 2.25. The monoisotopic (exact) mass is 507 g/mol. The van der Waals surface area contributed by atoms with Crippen LogP contribution in [0.3, 0.4) is 0 Å². The molecule has 11 nitrogen and oxygen atoms in total. The Balaban J connectivity index is 1.57. The number of carbonyl (C=O) groups excluding carboxylic acids is 3. The van der Waals surface area contributed by atoms with Gasteiger partial charge >= 0.3 is 0 Å². The Morgan fingerprint density at radius 1 is 1.19 bits per heavy atom. The van der Waals surface area contributed by atoms with E-state index >= 15 is 0 Å². The first-order valence-corrected chi connectivity index (χ1v) is 12.5. The maximum atomic E-state index is 13.0. The number of rotatable bonds is 3. The van der Waals surface area contributed by atoms with Crippen molar-refractivity contribution in [2.45, 2.75) is 39.3 Å². The molecule has 1 atom stereocenters. The normalized spacial score (nSPS) is 17.7. The largest absolute Gasteiger partial charge is 0.494 e. The van der Waals surface area contributed by atoms with Crippen LogP contribution < -0.4 is 15.4 Å². The highest BCUT2D eigenvalue weighted by Crippen LogP contribution is 2.23. The molecule has 0 unspecified atom stereocenters. The second-order valence-corrected chi connectivity index (χ2v) is 9.38. The molecule has 1 aromatic carbocycles. The molecule has 2 aromatic heterocycles. The summed E-state index contributed by atoms with van der Waals surface area (Å²) in [4.78, 5) is 51.7. The van der Waals surface area contributed by atoms with Gasteiger partial charge in [0.05, 0.1) is 13.2 Å². The number of imidazole rings is 2. The number of fused-ring (bicyclic) bond motifs is 4. The average Bonchev–Trinajstić information content (AvgIpc) is 3.57. The Kier molecular flexibility index (Phi) is 8.55. The number of aromatic amines is 1. The van der Waals surface area contributed by atoms with Crippen molar-refractivity contribution >= 4 is 17.7 Å². The summed E-state index contributed by atoms with van der Waals surface area (Å²) < 4.78 is 7.92. The highest BCUT2D eigenvalue weighted by molar-refractivity contribution is 5.94. The lowest BCUT2D eigenvalue weighted by Crippen LogP contribution is -2.51. The fraction of sp³-hybridized carbons (Fsp3) is 0.423. The Hall–Kier alpha value is -4.15. The van der Waals surface area contributed by atoms with Crippen molar-refractivity contribution in [3.63, 3.8) is 0 Å². The van der Waals surface area contributed by atoms with Gasteiger partial charge in [-0.05, 0) is 30.9 Å². The summed E-state index contributed by atoms with van der Waals surface area (Å²) >= 11 is 0. The van der Waals surface area contributed by atoms with Crippen LogP contribution >= 0.6 is 0 Å². The van der Waals surface area contributed by atoms with Gasteiger partial charge in [-0.15, -0.1) is 0 Å². The van der Waals surface area contributed by atoms with E-state index in [0.717, 1.165) is 11.4 Å². The highest BCUT2D eigenvalue weighted by atomic mass is 16.5. The lowest BCUT2D eigenvalue weighted by Gasteiger charge is -2.24. The molecular formula is C26H33N7O4. The molecule has 4 rings (SSSR count). The Morgan fingerprint density at radius 3 is 2.84 bits per heavy atom. The number of nitrogens with one attached hydrogen (secondary N) is 3. The molecular weight excluding hydrogens is 474 g/mol. The average molecular weight is 508 g/mol. The van der Waals surface area contributed by atoms with Gasteiger partial charge in [0.1, 0.15) is 17.6 Å². The van der Waals surface area contributed by atoms with E-state index in [1.807, 2.05) is 48.9 Å². The van der Waals surface area contributed by atoms with E-state index in [-0.39, 0.29) is 30.7 Å². The Morgan fingerprint density at radius 2 is 2.05 bits per heavy atom. The van der Waals surface area contributed by atoms with Crippen LogP contribution in [0.4, 0.5) is 0 Å². The van der Waals surface area contributed by atoms with Crippen LogP contribution in [0, 0.1) is 5.92 Å². The SMILES string of the molecule is CC(C)C[C@H]1NC(=O)CN(C(=O)c2ncc[nH]2)CCCOc2cccc(c2)-c2nccn2CCNC1=O. The van der Waals surface area contributed by atoms with E-state index in [0.29, 0.717) is 38.3 Å². The van der Waals surface area contributed by atoms with Crippen LogP contribution in [0.5, 0.6) is 5.75 Å². The Labute approximate surface area is 215 Å². The van der Waals surface area contributed by atoms with Crippen molar-refractivity contribution in [1.29, 1.82) is 0 Å². The van der Waals surface area contributed by atoms with E-state index in [1.54, 1.807) is 12.4 Å². The standard InChI is InChI=1S/C26H33N7O4/c1-18(2)15-21-25(35)30-10-13-32-12-9-29-24(32)19-5-3-6-20(16-19)37-14-4-11-33(17-22(34)31-21)26(36)23-27-7-8-28-23/h3,5-9,12,16,18,21H,4,10-11,13-15,17H2,1-2H3,(H,27,28)(H,30,35)(H,31,34)/t21-/m1/s1. The third-order valence-electron chi connectivity index (χ3n) is 5.98. The van der Waals surface area contributed by atoms with Gasteiger partial charge in [0.15, 0.2) is 5.82 Å². The summed E-state index contributed by atoms with van der Waals surface area (Å²) in [6.45, 7) is 5.28. The Bertz CT molecular complexity index is 1210. The van der Waals surface area contributed by atoms with E-state index in [4.69, 9.17) is 4.74 Å². The van der Waals surface area contributed by atoms with Gasteiger partial charge < -0.3 is 29.8 Å². The minimum Gasteiger partial charge on any atom is -0.494 e. The minimum absolute atomic E-state index is 0.149. The van der Waals surface area contributed by atoms with Gasteiger partial charge in [-0.1, -0.05) is 26.0 Å². The van der Waals surface area contributed by atoms with Crippen LogP contribution in [-0.2, 0) is 16.1 Å². The third kappa shape index (κ3) is 6.96. The lowest BCUT2D eigenvalue weighted by molar-refractivity contribution is -0.129. The number of aromatic nitrogens is 4. The number of nitrogens with zero attached hydrogens (tertiary/aromatic N) is 4. The van der Waals surface area contributed by atoms with Crippen LogP contribution in [0.15, 0.2) is 49.1 Å². The van der Waals surface area contributed by atoms with Gasteiger partial charge in [-0.2, -0.15) is 0 Å². The molecule has 0 fully saturated rings. The molecule has 37 heavy (non-hydrogen) atoms. The van der Waals surface area contributed by atoms with E-state index in [2.05, 4.69) is 25.6 Å². The lowest BCUT2D eigenvalue weighted by atomic mass is 10.0. The molecule has 3 amide bonds. The zero-order valence-electron chi connectivity index (χ0n) is 21.1. The molecule has 196 valence electrons. The first-order chi connectivity index (χ1) is 17.9. The van der Waals surface area contributed by atoms with Gasteiger partial charge in [-0.3, -0.25) is 14.4 Å². The number of carbonyl (C=O) groups is 3. The number of hydrogen-bond donors (Lipinski definition) is 3. The van der Waals surface area contributed by atoms with E-state index < -0.39 is 17.9 Å². The topological polar surface area (TPSA) is 134 Å². The first-order valence-electron chi connectivity index (χ1n) is 12.5. The van der Waals surface area contributed by atoms with Crippen LogP contribution in [0.1, 0.15) is 37.3 Å². The summed E-state index contributed by atoms with van der Waals surface area (Å²) in [5.41, 5.74) is 0.898. The molecule has 1 aliphatic rings. The van der Waals surface area contributed by atoms with Crippen molar-refractivity contribution in [2.24, 2.45) is 5.92 Å². The summed E-state index contributed by atoms with van der Waals surface area (Å²) in [6, 6.07) is 6.92. The molecule has 3 aromatic rings. The summed E-state index contributed by atoms with van der Waals surface area (Å²) in [6.07, 6.45) is 7.60. The zero-order valence-corrected chi connectivity index (χ0v) is 21.1. The molecule has 2 bridgehead atoms. The molecule has 0 aliphatic carbocycles. The zero-order chi connectivity index (χ0) is 26.2. The molecule has 3 heterocycles. The smallest absolute Gasteiger partial charge is 0.290 e. The number of amides is 3. The second-order valence-electron chi connectivity index (χ2n) is 9.38. The van der Waals surface area contributed by atoms with Crippen LogP contribution in [-0.4, -0.2) is 74.4 Å². The molecule has 3 N–H and O–H groups in total. The molecule has 11 heteroatoms. The van der Waals surface area contributed by atoms with Gasteiger partial charge in [0.2, 0.25) is 11.8 Å².